The van der Waals surface area contributed by atoms with Gasteiger partial charge < -0.3 is 20.7 Å². The van der Waals surface area contributed by atoms with Crippen molar-refractivity contribution in [2.24, 2.45) is 0 Å². The van der Waals surface area contributed by atoms with Crippen molar-refractivity contribution in [1.29, 1.82) is 0 Å². The van der Waals surface area contributed by atoms with E-state index in [0.29, 0.717) is 0 Å². The lowest BCUT2D eigenvalue weighted by atomic mass is 10.1. The Labute approximate surface area is 140 Å². The molecule has 3 atom stereocenters. The fourth-order valence-corrected chi connectivity index (χ4v) is 2.65. The normalized spacial score (nSPS) is 23.3. The Balaban J connectivity index is 2.37. The summed E-state index contributed by atoms with van der Waals surface area (Å²) in [6.45, 7) is 13.3. The number of nitrogens with one attached hydrogen (secondary N) is 3. The summed E-state index contributed by atoms with van der Waals surface area (Å²) >= 11 is 0. The van der Waals surface area contributed by atoms with E-state index in [2.05, 4.69) is 16.0 Å². The lowest BCUT2D eigenvalue weighted by molar-refractivity contribution is -0.124. The topological polar surface area (TPSA) is 79.5 Å². The Kier molecular flexibility index (Phi) is 6.45. The van der Waals surface area contributed by atoms with E-state index in [1.54, 1.807) is 0 Å². The van der Waals surface area contributed by atoms with Crippen LogP contribution in [0, 0.1) is 0 Å². The third kappa shape index (κ3) is 8.21. The molecule has 23 heavy (non-hydrogen) atoms. The second-order valence-electron chi connectivity index (χ2n) is 8.48. The van der Waals surface area contributed by atoms with E-state index in [4.69, 9.17) is 4.74 Å². The first-order valence-electron chi connectivity index (χ1n) is 8.43. The molecule has 0 bridgehead atoms. The Morgan fingerprint density at radius 2 is 1.61 bits per heavy atom. The van der Waals surface area contributed by atoms with Crippen LogP contribution in [0.2, 0.25) is 0 Å². The zero-order valence-corrected chi connectivity index (χ0v) is 15.6. The summed E-state index contributed by atoms with van der Waals surface area (Å²) in [6, 6.07) is 0.0791. The van der Waals surface area contributed by atoms with Gasteiger partial charge in [0.25, 0.3) is 0 Å². The van der Waals surface area contributed by atoms with Crippen molar-refractivity contribution in [3.63, 3.8) is 0 Å². The molecule has 1 fully saturated rings. The highest BCUT2D eigenvalue weighted by atomic mass is 16.6. The largest absolute Gasteiger partial charge is 0.444 e. The Bertz CT molecular complexity index is 424. The highest BCUT2D eigenvalue weighted by Gasteiger charge is 2.30. The average molecular weight is 327 g/mol. The molecule has 0 heterocycles. The summed E-state index contributed by atoms with van der Waals surface area (Å²) in [6.07, 6.45) is 2.27. The maximum Gasteiger partial charge on any atom is 0.407 e. The number of alkyl carbamates (subject to hydrolysis) is 1. The number of rotatable bonds is 4. The molecule has 0 aromatic rings. The van der Waals surface area contributed by atoms with Gasteiger partial charge in [0, 0.05) is 17.6 Å². The van der Waals surface area contributed by atoms with Crippen LogP contribution in [0.25, 0.3) is 0 Å². The van der Waals surface area contributed by atoms with Crippen LogP contribution in [0.5, 0.6) is 0 Å². The smallest absolute Gasteiger partial charge is 0.407 e. The molecular weight excluding hydrogens is 294 g/mol. The standard InChI is InChI=1S/C17H33N3O3/c1-11(14(21)20-16(2,3)4)18-12-8-9-13(10-12)19-15(22)23-17(5,6)7/h11-13,18H,8-10H2,1-7H3,(H,19,22)(H,20,21). The van der Waals surface area contributed by atoms with Crippen LogP contribution in [0.3, 0.4) is 0 Å². The highest BCUT2D eigenvalue weighted by Crippen LogP contribution is 2.20. The van der Waals surface area contributed by atoms with Crippen molar-refractivity contribution in [3.8, 4) is 0 Å². The molecule has 1 saturated carbocycles. The van der Waals surface area contributed by atoms with Gasteiger partial charge in [-0.05, 0) is 67.7 Å². The maximum absolute atomic E-state index is 12.1. The summed E-state index contributed by atoms with van der Waals surface area (Å²) in [5, 5.41) is 9.22. The summed E-state index contributed by atoms with van der Waals surface area (Å²) in [4.78, 5) is 23.9. The number of amides is 2. The molecule has 0 spiro atoms. The van der Waals surface area contributed by atoms with Crippen LogP contribution in [0.15, 0.2) is 0 Å². The van der Waals surface area contributed by atoms with Crippen LogP contribution in [-0.2, 0) is 9.53 Å². The summed E-state index contributed by atoms with van der Waals surface area (Å²) in [5.41, 5.74) is -0.719. The second-order valence-corrected chi connectivity index (χ2v) is 8.48. The van der Waals surface area contributed by atoms with Gasteiger partial charge in [0.2, 0.25) is 5.91 Å². The van der Waals surface area contributed by atoms with Crippen molar-refractivity contribution >= 4 is 12.0 Å². The fourth-order valence-electron chi connectivity index (χ4n) is 2.65. The molecule has 0 aliphatic heterocycles. The molecule has 1 aliphatic carbocycles. The number of carbonyl (C=O) groups excluding carboxylic acids is 2. The third-order valence-corrected chi connectivity index (χ3v) is 3.53. The Morgan fingerprint density at radius 3 is 2.13 bits per heavy atom. The van der Waals surface area contributed by atoms with Crippen molar-refractivity contribution in [2.75, 3.05) is 0 Å². The van der Waals surface area contributed by atoms with E-state index < -0.39 is 5.60 Å². The number of hydrogen-bond donors (Lipinski definition) is 3. The first-order chi connectivity index (χ1) is 10.4. The zero-order chi connectivity index (χ0) is 17.8. The van der Waals surface area contributed by atoms with E-state index in [-0.39, 0.29) is 35.7 Å². The minimum absolute atomic E-state index is 0.000974. The summed E-state index contributed by atoms with van der Waals surface area (Å²) in [5.74, 6) is 0.000974. The van der Waals surface area contributed by atoms with Gasteiger partial charge in [0.15, 0.2) is 0 Å². The predicted molar refractivity (Wildman–Crippen MR) is 91.3 cm³/mol. The van der Waals surface area contributed by atoms with Crippen LogP contribution in [0.4, 0.5) is 4.79 Å². The maximum atomic E-state index is 12.1. The monoisotopic (exact) mass is 327 g/mol. The SMILES string of the molecule is CC(NC1CCC(NC(=O)OC(C)(C)C)C1)C(=O)NC(C)(C)C. The average Bonchev–Trinajstić information content (AvgIpc) is 2.71. The van der Waals surface area contributed by atoms with Crippen molar-refractivity contribution in [2.45, 2.75) is 97.0 Å². The van der Waals surface area contributed by atoms with E-state index >= 15 is 0 Å². The van der Waals surface area contributed by atoms with Crippen molar-refractivity contribution in [3.05, 3.63) is 0 Å². The molecule has 134 valence electrons. The molecule has 0 aromatic carbocycles. The first kappa shape index (κ1) is 19.7. The quantitative estimate of drug-likeness (QED) is 0.740. The number of carbonyl (C=O) groups is 2. The van der Waals surface area contributed by atoms with Gasteiger partial charge >= 0.3 is 6.09 Å². The van der Waals surface area contributed by atoms with E-state index in [9.17, 15) is 9.59 Å². The molecule has 3 unspecified atom stereocenters. The van der Waals surface area contributed by atoms with Crippen LogP contribution < -0.4 is 16.0 Å². The Morgan fingerprint density at radius 1 is 1.04 bits per heavy atom. The molecule has 6 nitrogen and oxygen atoms in total. The molecule has 0 saturated heterocycles. The van der Waals surface area contributed by atoms with Crippen molar-refractivity contribution in [1.82, 2.24) is 16.0 Å². The molecular formula is C17H33N3O3. The fraction of sp³-hybridized carbons (Fsp3) is 0.882. The summed E-state index contributed by atoms with van der Waals surface area (Å²) < 4.78 is 5.27. The van der Waals surface area contributed by atoms with E-state index in [1.807, 2.05) is 48.5 Å². The van der Waals surface area contributed by atoms with Crippen LogP contribution in [-0.4, -0.2) is 41.3 Å². The molecule has 0 radical (unpaired) electrons. The number of ether oxygens (including phenoxy) is 1. The molecule has 6 heteroatoms. The van der Waals surface area contributed by atoms with Gasteiger partial charge in [0.05, 0.1) is 6.04 Å². The zero-order valence-electron chi connectivity index (χ0n) is 15.6. The van der Waals surface area contributed by atoms with Gasteiger partial charge in [-0.1, -0.05) is 0 Å². The van der Waals surface area contributed by atoms with Crippen LogP contribution in [0.1, 0.15) is 67.7 Å². The first-order valence-corrected chi connectivity index (χ1v) is 8.43. The van der Waals surface area contributed by atoms with Gasteiger partial charge in [-0.2, -0.15) is 0 Å². The minimum Gasteiger partial charge on any atom is -0.444 e. The minimum atomic E-state index is -0.486. The van der Waals surface area contributed by atoms with Gasteiger partial charge in [-0.3, -0.25) is 4.79 Å². The summed E-state index contributed by atoms with van der Waals surface area (Å²) in [7, 11) is 0. The molecule has 0 aromatic heterocycles. The molecule has 3 N–H and O–H groups in total. The van der Waals surface area contributed by atoms with Gasteiger partial charge in [-0.15, -0.1) is 0 Å². The lowest BCUT2D eigenvalue weighted by Crippen LogP contribution is -2.51. The van der Waals surface area contributed by atoms with Gasteiger partial charge in [0.1, 0.15) is 5.60 Å². The van der Waals surface area contributed by atoms with E-state index in [1.165, 1.54) is 0 Å². The molecule has 1 aliphatic rings. The van der Waals surface area contributed by atoms with Gasteiger partial charge in [-0.25, -0.2) is 4.79 Å². The molecule has 1 rings (SSSR count). The predicted octanol–water partition coefficient (Wildman–Crippen LogP) is 2.32. The Hall–Kier alpha value is -1.30. The van der Waals surface area contributed by atoms with Crippen molar-refractivity contribution < 1.29 is 14.3 Å². The lowest BCUT2D eigenvalue weighted by Gasteiger charge is -2.25. The molecule has 2 amide bonds. The van der Waals surface area contributed by atoms with E-state index in [0.717, 1.165) is 19.3 Å². The third-order valence-electron chi connectivity index (χ3n) is 3.53. The van der Waals surface area contributed by atoms with Crippen LogP contribution >= 0.6 is 0 Å². The second kappa shape index (κ2) is 7.51. The highest BCUT2D eigenvalue weighted by molar-refractivity contribution is 5.81. The number of hydrogen-bond acceptors (Lipinski definition) is 4.